The molecular formula is C14H18O2. The third kappa shape index (κ3) is 2.86. The second-order valence-electron chi connectivity index (χ2n) is 3.98. The highest BCUT2D eigenvalue weighted by molar-refractivity contribution is 5.64. The van der Waals surface area contributed by atoms with E-state index in [0.717, 1.165) is 19.4 Å². The molecule has 1 unspecified atom stereocenters. The first-order chi connectivity index (χ1) is 7.90. The van der Waals surface area contributed by atoms with E-state index in [2.05, 4.69) is 19.1 Å². The molecule has 1 atom stereocenters. The van der Waals surface area contributed by atoms with Crippen LogP contribution >= 0.6 is 0 Å². The molecule has 16 heavy (non-hydrogen) atoms. The fourth-order valence-corrected chi connectivity index (χ4v) is 1.68. The molecule has 0 radical (unpaired) electrons. The lowest BCUT2D eigenvalue weighted by atomic mass is 10.1. The van der Waals surface area contributed by atoms with Gasteiger partial charge in [0, 0.05) is 13.0 Å². The summed E-state index contributed by atoms with van der Waals surface area (Å²) in [4.78, 5) is 0. The highest BCUT2D eigenvalue weighted by atomic mass is 16.5. The predicted octanol–water partition coefficient (Wildman–Crippen LogP) is 3.24. The molecule has 0 aromatic heterocycles. The van der Waals surface area contributed by atoms with E-state index in [9.17, 15) is 0 Å². The van der Waals surface area contributed by atoms with Crippen LogP contribution in [0, 0.1) is 0 Å². The molecule has 1 aliphatic rings. The van der Waals surface area contributed by atoms with Gasteiger partial charge in [-0.25, -0.2) is 0 Å². The van der Waals surface area contributed by atoms with E-state index >= 15 is 0 Å². The molecular weight excluding hydrogens is 200 g/mol. The molecule has 1 saturated heterocycles. The third-order valence-electron chi connectivity index (χ3n) is 2.83. The van der Waals surface area contributed by atoms with E-state index in [1.165, 1.54) is 11.1 Å². The Bertz CT molecular complexity index is 339. The summed E-state index contributed by atoms with van der Waals surface area (Å²) in [6.07, 6.45) is 4.29. The molecule has 2 nitrogen and oxygen atoms in total. The van der Waals surface area contributed by atoms with Crippen molar-refractivity contribution in [1.82, 2.24) is 0 Å². The minimum atomic E-state index is 0.310. The normalized spacial score (nSPS) is 20.3. The maximum Gasteiger partial charge on any atom is 0.114 e. The predicted molar refractivity (Wildman–Crippen MR) is 65.0 cm³/mol. The van der Waals surface area contributed by atoms with Crippen LogP contribution in [-0.4, -0.2) is 19.3 Å². The zero-order valence-corrected chi connectivity index (χ0v) is 9.69. The van der Waals surface area contributed by atoms with Crippen molar-refractivity contribution in [3.05, 3.63) is 42.2 Å². The Labute approximate surface area is 96.9 Å². The zero-order chi connectivity index (χ0) is 11.2. The van der Waals surface area contributed by atoms with E-state index in [1.807, 2.05) is 24.5 Å². The van der Waals surface area contributed by atoms with Crippen LogP contribution in [0.3, 0.4) is 0 Å². The number of benzene rings is 1. The van der Waals surface area contributed by atoms with Crippen LogP contribution in [0.1, 0.15) is 25.3 Å². The summed E-state index contributed by atoms with van der Waals surface area (Å²) < 4.78 is 10.9. The molecule has 1 fully saturated rings. The van der Waals surface area contributed by atoms with Gasteiger partial charge in [0.25, 0.3) is 0 Å². The lowest BCUT2D eigenvalue weighted by Gasteiger charge is -2.25. The van der Waals surface area contributed by atoms with E-state index in [1.54, 1.807) is 0 Å². The second kappa shape index (κ2) is 5.71. The first kappa shape index (κ1) is 11.2. The molecule has 0 saturated carbocycles. The van der Waals surface area contributed by atoms with E-state index < -0.39 is 0 Å². The summed E-state index contributed by atoms with van der Waals surface area (Å²) in [5, 5.41) is 0. The molecule has 1 aliphatic heterocycles. The van der Waals surface area contributed by atoms with E-state index in [-0.39, 0.29) is 0 Å². The van der Waals surface area contributed by atoms with Crippen molar-refractivity contribution < 1.29 is 9.47 Å². The van der Waals surface area contributed by atoms with Crippen molar-refractivity contribution in [2.75, 3.05) is 13.2 Å². The number of rotatable bonds is 5. The molecule has 0 N–H and O–H groups in total. The van der Waals surface area contributed by atoms with Gasteiger partial charge in [-0.1, -0.05) is 37.3 Å². The van der Waals surface area contributed by atoms with Gasteiger partial charge in [0.1, 0.15) is 6.61 Å². The van der Waals surface area contributed by atoms with Crippen LogP contribution in [0.2, 0.25) is 0 Å². The molecule has 0 spiro atoms. The van der Waals surface area contributed by atoms with Gasteiger partial charge >= 0.3 is 0 Å². The summed E-state index contributed by atoms with van der Waals surface area (Å²) in [6.45, 7) is 3.70. The van der Waals surface area contributed by atoms with Gasteiger partial charge in [-0.2, -0.15) is 0 Å². The van der Waals surface area contributed by atoms with Gasteiger partial charge in [-0.05, 0) is 17.6 Å². The van der Waals surface area contributed by atoms with Gasteiger partial charge < -0.3 is 9.47 Å². The number of hydrogen-bond acceptors (Lipinski definition) is 2. The lowest BCUT2D eigenvalue weighted by Crippen LogP contribution is -2.30. The van der Waals surface area contributed by atoms with Crippen LogP contribution in [0.5, 0.6) is 0 Å². The first-order valence-electron chi connectivity index (χ1n) is 5.88. The minimum Gasteiger partial charge on any atom is -0.498 e. The maximum atomic E-state index is 5.56. The van der Waals surface area contributed by atoms with Gasteiger partial charge in [-0.15, -0.1) is 0 Å². The Balaban J connectivity index is 1.90. The SMILES string of the molecule is CCC(=COCC1CCO1)c1ccccc1. The zero-order valence-electron chi connectivity index (χ0n) is 9.69. The van der Waals surface area contributed by atoms with E-state index in [4.69, 9.17) is 9.47 Å². The number of allylic oxidation sites excluding steroid dienone is 1. The van der Waals surface area contributed by atoms with Gasteiger partial charge in [-0.3, -0.25) is 0 Å². The Morgan fingerprint density at radius 2 is 2.19 bits per heavy atom. The average molecular weight is 218 g/mol. The molecule has 0 amide bonds. The molecule has 86 valence electrons. The second-order valence-corrected chi connectivity index (χ2v) is 3.98. The first-order valence-corrected chi connectivity index (χ1v) is 5.88. The Hall–Kier alpha value is -1.28. The average Bonchev–Trinajstić information content (AvgIpc) is 2.28. The largest absolute Gasteiger partial charge is 0.498 e. The van der Waals surface area contributed by atoms with Gasteiger partial charge in [0.2, 0.25) is 0 Å². The van der Waals surface area contributed by atoms with Crippen molar-refractivity contribution in [2.45, 2.75) is 25.9 Å². The molecule has 0 bridgehead atoms. The summed E-state index contributed by atoms with van der Waals surface area (Å²) >= 11 is 0. The molecule has 1 aromatic rings. The van der Waals surface area contributed by atoms with Crippen molar-refractivity contribution in [3.8, 4) is 0 Å². The summed E-state index contributed by atoms with van der Waals surface area (Å²) in [6, 6.07) is 10.3. The third-order valence-corrected chi connectivity index (χ3v) is 2.83. The van der Waals surface area contributed by atoms with Crippen LogP contribution in [0.4, 0.5) is 0 Å². The van der Waals surface area contributed by atoms with Crippen molar-refractivity contribution in [3.63, 3.8) is 0 Å². The highest BCUT2D eigenvalue weighted by Crippen LogP contribution is 2.18. The topological polar surface area (TPSA) is 18.5 Å². The Kier molecular flexibility index (Phi) is 4.00. The fourth-order valence-electron chi connectivity index (χ4n) is 1.68. The number of hydrogen-bond donors (Lipinski definition) is 0. The monoisotopic (exact) mass is 218 g/mol. The fraction of sp³-hybridized carbons (Fsp3) is 0.429. The van der Waals surface area contributed by atoms with Crippen molar-refractivity contribution in [1.29, 1.82) is 0 Å². The van der Waals surface area contributed by atoms with E-state index in [0.29, 0.717) is 12.7 Å². The molecule has 1 aromatic carbocycles. The maximum absolute atomic E-state index is 5.56. The van der Waals surface area contributed by atoms with Crippen molar-refractivity contribution in [2.24, 2.45) is 0 Å². The van der Waals surface area contributed by atoms with Gasteiger partial charge in [0.05, 0.1) is 12.4 Å². The van der Waals surface area contributed by atoms with Crippen molar-refractivity contribution >= 4 is 5.57 Å². The van der Waals surface area contributed by atoms with Crippen LogP contribution in [0.15, 0.2) is 36.6 Å². The smallest absolute Gasteiger partial charge is 0.114 e. The summed E-state index contributed by atoms with van der Waals surface area (Å²) in [5.74, 6) is 0. The highest BCUT2D eigenvalue weighted by Gasteiger charge is 2.17. The Morgan fingerprint density at radius 3 is 2.75 bits per heavy atom. The summed E-state index contributed by atoms with van der Waals surface area (Å²) in [5.41, 5.74) is 2.47. The standard InChI is InChI=1S/C14H18O2/c1-2-12(13-6-4-3-5-7-13)10-15-11-14-8-9-16-14/h3-7,10,14H,2,8-9,11H2,1H3. The van der Waals surface area contributed by atoms with Crippen LogP contribution in [-0.2, 0) is 9.47 Å². The minimum absolute atomic E-state index is 0.310. The molecule has 2 heteroatoms. The quantitative estimate of drug-likeness (QED) is 0.706. The summed E-state index contributed by atoms with van der Waals surface area (Å²) in [7, 11) is 0. The van der Waals surface area contributed by atoms with Crippen LogP contribution < -0.4 is 0 Å². The molecule has 1 heterocycles. The van der Waals surface area contributed by atoms with Crippen LogP contribution in [0.25, 0.3) is 5.57 Å². The Morgan fingerprint density at radius 1 is 1.44 bits per heavy atom. The lowest BCUT2D eigenvalue weighted by molar-refractivity contribution is -0.0796. The molecule has 2 rings (SSSR count). The molecule has 0 aliphatic carbocycles. The van der Waals surface area contributed by atoms with Gasteiger partial charge in [0.15, 0.2) is 0 Å². The number of ether oxygens (including phenoxy) is 2.